The van der Waals surface area contributed by atoms with Gasteiger partial charge in [0.15, 0.2) is 17.4 Å². The predicted molar refractivity (Wildman–Crippen MR) is 69.4 cm³/mol. The van der Waals surface area contributed by atoms with Crippen LogP contribution in [0.5, 0.6) is 5.75 Å². The third-order valence-corrected chi connectivity index (χ3v) is 3.58. The van der Waals surface area contributed by atoms with Gasteiger partial charge >= 0.3 is 0 Å². The van der Waals surface area contributed by atoms with Crippen LogP contribution >= 0.6 is 0 Å². The fraction of sp³-hybridized carbons (Fsp3) is 0.462. The number of carbonyl (C=O) groups excluding carboxylic acids is 1. The normalized spacial score (nSPS) is 19.9. The minimum Gasteiger partial charge on any atom is -0.503 e. The molecule has 0 aromatic heterocycles. The van der Waals surface area contributed by atoms with Crippen LogP contribution in [-0.4, -0.2) is 60.1 Å². The summed E-state index contributed by atoms with van der Waals surface area (Å²) < 4.78 is 40.1. The standard InChI is InChI=1S/C13H16F3N3O2/c1-18-2-3-19(7(5-17)6-18)13(21)8-4-9(14)11(16)12(20)10(8)15/h4,7,20H,2-3,5-6,17H2,1H3. The van der Waals surface area contributed by atoms with Gasteiger partial charge in [0, 0.05) is 26.2 Å². The number of aromatic hydroxyl groups is 1. The van der Waals surface area contributed by atoms with Gasteiger partial charge < -0.3 is 20.6 Å². The highest BCUT2D eigenvalue weighted by atomic mass is 19.2. The molecular formula is C13H16F3N3O2. The van der Waals surface area contributed by atoms with Crippen molar-refractivity contribution in [2.75, 3.05) is 33.2 Å². The number of nitrogens with zero attached hydrogens (tertiary/aromatic N) is 2. The highest BCUT2D eigenvalue weighted by Gasteiger charge is 2.32. The summed E-state index contributed by atoms with van der Waals surface area (Å²) in [4.78, 5) is 15.6. The first-order valence-corrected chi connectivity index (χ1v) is 6.42. The molecule has 8 heteroatoms. The Morgan fingerprint density at radius 2 is 2.05 bits per heavy atom. The molecule has 0 saturated carbocycles. The van der Waals surface area contributed by atoms with Crippen LogP contribution in [0.15, 0.2) is 6.07 Å². The maximum absolute atomic E-state index is 13.8. The van der Waals surface area contributed by atoms with Gasteiger partial charge in [-0.1, -0.05) is 0 Å². The van der Waals surface area contributed by atoms with Crippen molar-refractivity contribution in [3.8, 4) is 5.75 Å². The average molecular weight is 303 g/mol. The van der Waals surface area contributed by atoms with Crippen molar-refractivity contribution < 1.29 is 23.1 Å². The number of hydrogen-bond acceptors (Lipinski definition) is 4. The van der Waals surface area contributed by atoms with Gasteiger partial charge in [-0.15, -0.1) is 0 Å². The molecule has 1 saturated heterocycles. The number of benzene rings is 1. The van der Waals surface area contributed by atoms with Crippen molar-refractivity contribution in [3.05, 3.63) is 29.1 Å². The number of rotatable bonds is 2. The van der Waals surface area contributed by atoms with Crippen LogP contribution in [0.2, 0.25) is 0 Å². The molecular weight excluding hydrogens is 287 g/mol. The fourth-order valence-corrected chi connectivity index (χ4v) is 2.38. The zero-order valence-corrected chi connectivity index (χ0v) is 11.4. The first-order valence-electron chi connectivity index (χ1n) is 6.42. The summed E-state index contributed by atoms with van der Waals surface area (Å²) in [5, 5.41) is 9.19. The molecule has 1 heterocycles. The first-order chi connectivity index (χ1) is 9.86. The zero-order chi connectivity index (χ0) is 15.7. The van der Waals surface area contributed by atoms with Crippen molar-refractivity contribution in [1.29, 1.82) is 0 Å². The molecule has 0 aliphatic carbocycles. The van der Waals surface area contributed by atoms with Crippen LogP contribution < -0.4 is 5.73 Å². The van der Waals surface area contributed by atoms with Crippen LogP contribution in [0.25, 0.3) is 0 Å². The summed E-state index contributed by atoms with van der Waals surface area (Å²) in [6, 6.07) is 0.101. The number of piperazine rings is 1. The molecule has 1 aromatic rings. The lowest BCUT2D eigenvalue weighted by molar-refractivity contribution is 0.0510. The van der Waals surface area contributed by atoms with Crippen LogP contribution in [-0.2, 0) is 0 Å². The van der Waals surface area contributed by atoms with Crippen LogP contribution in [0, 0.1) is 17.5 Å². The molecule has 1 fully saturated rings. The lowest BCUT2D eigenvalue weighted by Gasteiger charge is -2.39. The van der Waals surface area contributed by atoms with Gasteiger partial charge in [-0.25, -0.2) is 8.78 Å². The molecule has 2 rings (SSSR count). The van der Waals surface area contributed by atoms with Gasteiger partial charge in [0.2, 0.25) is 5.82 Å². The van der Waals surface area contributed by atoms with E-state index >= 15 is 0 Å². The third kappa shape index (κ3) is 2.81. The van der Waals surface area contributed by atoms with Crippen molar-refractivity contribution >= 4 is 5.91 Å². The van der Waals surface area contributed by atoms with E-state index in [-0.39, 0.29) is 19.1 Å². The second-order valence-electron chi connectivity index (χ2n) is 5.03. The number of halogens is 3. The van der Waals surface area contributed by atoms with E-state index in [0.717, 1.165) is 0 Å². The topological polar surface area (TPSA) is 69.8 Å². The SMILES string of the molecule is CN1CCN(C(=O)c2cc(F)c(F)c(O)c2F)C(CN)C1. The molecule has 0 radical (unpaired) electrons. The molecule has 1 aliphatic heterocycles. The summed E-state index contributed by atoms with van der Waals surface area (Å²) >= 11 is 0. The predicted octanol–water partition coefficient (Wildman–Crippen LogP) is 0.524. The van der Waals surface area contributed by atoms with Crippen molar-refractivity contribution in [2.45, 2.75) is 6.04 Å². The van der Waals surface area contributed by atoms with Gasteiger partial charge in [0.1, 0.15) is 0 Å². The fourth-order valence-electron chi connectivity index (χ4n) is 2.38. The Bertz CT molecular complexity index is 568. The van der Waals surface area contributed by atoms with E-state index in [9.17, 15) is 23.1 Å². The Hall–Kier alpha value is -1.80. The number of amides is 1. The monoisotopic (exact) mass is 303 g/mol. The van der Waals surface area contributed by atoms with E-state index in [1.165, 1.54) is 4.90 Å². The molecule has 1 aromatic carbocycles. The van der Waals surface area contributed by atoms with Gasteiger partial charge in [0.25, 0.3) is 5.91 Å². The Morgan fingerprint density at radius 3 is 2.67 bits per heavy atom. The number of likely N-dealkylation sites (N-methyl/N-ethyl adjacent to an activating group) is 1. The largest absolute Gasteiger partial charge is 0.503 e. The van der Waals surface area contributed by atoms with Crippen molar-refractivity contribution in [3.63, 3.8) is 0 Å². The molecule has 0 bridgehead atoms. The maximum atomic E-state index is 13.8. The van der Waals surface area contributed by atoms with Crippen LogP contribution in [0.3, 0.4) is 0 Å². The molecule has 1 aliphatic rings. The lowest BCUT2D eigenvalue weighted by Crippen LogP contribution is -2.56. The molecule has 1 atom stereocenters. The Balaban J connectivity index is 2.36. The highest BCUT2D eigenvalue weighted by Crippen LogP contribution is 2.27. The quantitative estimate of drug-likeness (QED) is 0.782. The van der Waals surface area contributed by atoms with E-state index in [2.05, 4.69) is 0 Å². The first kappa shape index (κ1) is 15.6. The summed E-state index contributed by atoms with van der Waals surface area (Å²) in [6.07, 6.45) is 0. The van der Waals surface area contributed by atoms with E-state index < -0.39 is 34.7 Å². The molecule has 3 N–H and O–H groups in total. The smallest absolute Gasteiger partial charge is 0.257 e. The van der Waals surface area contributed by atoms with Crippen LogP contribution in [0.1, 0.15) is 10.4 Å². The molecule has 116 valence electrons. The lowest BCUT2D eigenvalue weighted by atomic mass is 10.1. The molecule has 21 heavy (non-hydrogen) atoms. The molecule has 0 spiro atoms. The number of nitrogens with two attached hydrogens (primary N) is 1. The Kier molecular flexibility index (Phi) is 4.38. The summed E-state index contributed by atoms with van der Waals surface area (Å²) in [5.74, 6) is -6.95. The van der Waals surface area contributed by atoms with E-state index in [1.807, 2.05) is 11.9 Å². The van der Waals surface area contributed by atoms with Crippen molar-refractivity contribution in [2.24, 2.45) is 5.73 Å². The number of phenols is 1. The molecule has 1 unspecified atom stereocenters. The van der Waals surface area contributed by atoms with Gasteiger partial charge in [-0.2, -0.15) is 4.39 Å². The van der Waals surface area contributed by atoms with Crippen molar-refractivity contribution in [1.82, 2.24) is 9.80 Å². The van der Waals surface area contributed by atoms with Gasteiger partial charge in [0.05, 0.1) is 11.6 Å². The van der Waals surface area contributed by atoms with E-state index in [4.69, 9.17) is 5.73 Å². The Labute approximate surface area is 119 Å². The summed E-state index contributed by atoms with van der Waals surface area (Å²) in [5.41, 5.74) is 4.90. The molecule has 5 nitrogen and oxygen atoms in total. The average Bonchev–Trinajstić information content (AvgIpc) is 2.48. The number of phenolic OH excluding ortho intramolecular Hbond substituents is 1. The number of hydrogen-bond donors (Lipinski definition) is 2. The van der Waals surface area contributed by atoms with E-state index in [1.54, 1.807) is 0 Å². The number of carbonyl (C=O) groups is 1. The minimum absolute atomic E-state index is 0.160. The summed E-state index contributed by atoms with van der Waals surface area (Å²) in [6.45, 7) is 1.50. The van der Waals surface area contributed by atoms with Crippen LogP contribution in [0.4, 0.5) is 13.2 Å². The molecule has 1 amide bonds. The minimum atomic E-state index is -1.71. The zero-order valence-electron chi connectivity index (χ0n) is 11.4. The van der Waals surface area contributed by atoms with E-state index in [0.29, 0.717) is 19.2 Å². The maximum Gasteiger partial charge on any atom is 0.257 e. The highest BCUT2D eigenvalue weighted by molar-refractivity contribution is 5.95. The summed E-state index contributed by atoms with van der Waals surface area (Å²) in [7, 11) is 1.86. The van der Waals surface area contributed by atoms with Gasteiger partial charge in [-0.3, -0.25) is 4.79 Å². The Morgan fingerprint density at radius 1 is 1.38 bits per heavy atom. The second-order valence-corrected chi connectivity index (χ2v) is 5.03. The second kappa shape index (κ2) is 5.90. The third-order valence-electron chi connectivity index (χ3n) is 3.58. The van der Waals surface area contributed by atoms with Gasteiger partial charge in [-0.05, 0) is 13.1 Å².